The number of nitrogens with one attached hydrogen (secondary N) is 1. The molecule has 0 radical (unpaired) electrons. The number of fused-ring (bicyclic) bond motifs is 2. The lowest BCUT2D eigenvalue weighted by Gasteiger charge is -2.11. The smallest absolute Gasteiger partial charge is 0.411 e. The van der Waals surface area contributed by atoms with E-state index in [0.29, 0.717) is 22.0 Å². The molecular formula is C24H21N3O8. The molecular weight excluding hydrogens is 458 g/mol. The Hall–Kier alpha value is -4.51. The summed E-state index contributed by atoms with van der Waals surface area (Å²) < 4.78 is 16.5. The maximum atomic E-state index is 12.9. The SMILES string of the molecule is CCOC(=O)Nc1ccc2c(COC(=O)c3nn(CCO)c(=O)c4ccccc34)cc(=O)oc2c1. The van der Waals surface area contributed by atoms with Crippen LogP contribution in [-0.4, -0.2) is 40.2 Å². The molecule has 2 N–H and O–H groups in total. The highest BCUT2D eigenvalue weighted by Crippen LogP contribution is 2.23. The largest absolute Gasteiger partial charge is 0.456 e. The quantitative estimate of drug-likeness (QED) is 0.301. The average molecular weight is 479 g/mol. The van der Waals surface area contributed by atoms with E-state index in [1.165, 1.54) is 12.1 Å². The van der Waals surface area contributed by atoms with Gasteiger partial charge in [-0.15, -0.1) is 0 Å². The Morgan fingerprint density at radius 2 is 1.83 bits per heavy atom. The fraction of sp³-hybridized carbons (Fsp3) is 0.208. The molecule has 4 rings (SSSR count). The predicted molar refractivity (Wildman–Crippen MR) is 125 cm³/mol. The number of aromatic nitrogens is 2. The molecule has 0 fully saturated rings. The van der Waals surface area contributed by atoms with Crippen molar-refractivity contribution in [1.82, 2.24) is 9.78 Å². The lowest BCUT2D eigenvalue weighted by atomic mass is 10.1. The molecule has 1 amide bonds. The number of esters is 1. The zero-order valence-electron chi connectivity index (χ0n) is 18.6. The molecule has 0 aliphatic carbocycles. The van der Waals surface area contributed by atoms with Gasteiger partial charge in [0.15, 0.2) is 5.69 Å². The number of carbonyl (C=O) groups is 2. The van der Waals surface area contributed by atoms with Gasteiger partial charge in [-0.3, -0.25) is 10.1 Å². The summed E-state index contributed by atoms with van der Waals surface area (Å²) in [5, 5.41) is 16.9. The molecule has 2 aromatic heterocycles. The van der Waals surface area contributed by atoms with Gasteiger partial charge >= 0.3 is 17.7 Å². The molecule has 180 valence electrons. The summed E-state index contributed by atoms with van der Waals surface area (Å²) in [6.45, 7) is 1.17. The molecule has 0 saturated heterocycles. The molecule has 0 atom stereocenters. The summed E-state index contributed by atoms with van der Waals surface area (Å²) in [7, 11) is 0. The summed E-state index contributed by atoms with van der Waals surface area (Å²) in [5.74, 6) is -0.810. The third kappa shape index (κ3) is 5.04. The Labute approximate surface area is 197 Å². The van der Waals surface area contributed by atoms with Crippen LogP contribution in [0.2, 0.25) is 0 Å². The second-order valence-corrected chi connectivity index (χ2v) is 7.37. The molecule has 11 nitrogen and oxygen atoms in total. The predicted octanol–water partition coefficient (Wildman–Crippen LogP) is 2.42. The number of hydrogen-bond donors (Lipinski definition) is 2. The van der Waals surface area contributed by atoms with Crippen LogP contribution in [0.3, 0.4) is 0 Å². The molecule has 11 heteroatoms. The summed E-state index contributed by atoms with van der Waals surface area (Å²) in [6.07, 6.45) is -0.651. The first kappa shape index (κ1) is 23.6. The van der Waals surface area contributed by atoms with Crippen LogP contribution >= 0.6 is 0 Å². The third-order valence-corrected chi connectivity index (χ3v) is 5.08. The number of aliphatic hydroxyl groups is 1. The molecule has 4 aromatic rings. The molecule has 0 saturated carbocycles. The standard InChI is InChI=1S/C24H21N3O8/c1-2-33-24(32)25-15-7-8-16-14(11-20(29)35-19(16)12-15)13-34-23(31)21-17-5-3-4-6-18(17)22(30)27(26-21)9-10-28/h3-8,11-12,28H,2,9-10,13H2,1H3,(H,25,32). The number of carbonyl (C=O) groups excluding carboxylic acids is 2. The number of nitrogens with zero attached hydrogens (tertiary/aromatic N) is 2. The van der Waals surface area contributed by atoms with Crippen LogP contribution in [0.1, 0.15) is 23.0 Å². The lowest BCUT2D eigenvalue weighted by molar-refractivity contribution is 0.0466. The van der Waals surface area contributed by atoms with Crippen molar-refractivity contribution in [2.75, 3.05) is 18.5 Å². The zero-order valence-corrected chi connectivity index (χ0v) is 18.6. The van der Waals surface area contributed by atoms with Gasteiger partial charge in [0.1, 0.15) is 12.2 Å². The minimum absolute atomic E-state index is 0.0868. The number of hydrogen-bond acceptors (Lipinski definition) is 9. The van der Waals surface area contributed by atoms with Gasteiger partial charge in [-0.05, 0) is 25.1 Å². The van der Waals surface area contributed by atoms with E-state index in [1.807, 2.05) is 0 Å². The molecule has 0 aliphatic rings. The first-order valence-corrected chi connectivity index (χ1v) is 10.7. The normalized spacial score (nSPS) is 10.9. The topological polar surface area (TPSA) is 150 Å². The van der Waals surface area contributed by atoms with Crippen molar-refractivity contribution in [3.05, 3.63) is 80.6 Å². The van der Waals surface area contributed by atoms with Gasteiger partial charge < -0.3 is 19.0 Å². The van der Waals surface area contributed by atoms with E-state index in [0.717, 1.165) is 4.68 Å². The summed E-state index contributed by atoms with van der Waals surface area (Å²) >= 11 is 0. The first-order chi connectivity index (χ1) is 16.9. The van der Waals surface area contributed by atoms with Crippen molar-refractivity contribution in [1.29, 1.82) is 0 Å². The molecule has 0 spiro atoms. The van der Waals surface area contributed by atoms with E-state index in [9.17, 15) is 24.3 Å². The minimum Gasteiger partial charge on any atom is -0.456 e. The van der Waals surface area contributed by atoms with Gasteiger partial charge in [-0.2, -0.15) is 5.10 Å². The van der Waals surface area contributed by atoms with Crippen LogP contribution < -0.4 is 16.5 Å². The second kappa shape index (κ2) is 10.2. The Morgan fingerprint density at radius 1 is 1.06 bits per heavy atom. The monoisotopic (exact) mass is 479 g/mol. The van der Waals surface area contributed by atoms with Crippen molar-refractivity contribution in [2.45, 2.75) is 20.1 Å². The van der Waals surface area contributed by atoms with E-state index in [1.54, 1.807) is 43.3 Å². The van der Waals surface area contributed by atoms with Crippen molar-refractivity contribution in [3.8, 4) is 0 Å². The zero-order chi connectivity index (χ0) is 24.9. The maximum Gasteiger partial charge on any atom is 0.411 e. The molecule has 0 bridgehead atoms. The number of rotatable bonds is 7. The van der Waals surface area contributed by atoms with Crippen LogP contribution in [0.4, 0.5) is 10.5 Å². The average Bonchev–Trinajstić information content (AvgIpc) is 2.84. The van der Waals surface area contributed by atoms with Crippen LogP contribution in [0.5, 0.6) is 0 Å². The van der Waals surface area contributed by atoms with Gasteiger partial charge in [-0.25, -0.2) is 19.1 Å². The Bertz CT molecular complexity index is 1540. The Morgan fingerprint density at radius 3 is 2.57 bits per heavy atom. The van der Waals surface area contributed by atoms with Gasteiger partial charge in [-0.1, -0.05) is 18.2 Å². The highest BCUT2D eigenvalue weighted by Gasteiger charge is 2.19. The molecule has 0 aliphatic heterocycles. The van der Waals surface area contributed by atoms with E-state index in [2.05, 4.69) is 10.4 Å². The van der Waals surface area contributed by atoms with E-state index >= 15 is 0 Å². The van der Waals surface area contributed by atoms with E-state index in [-0.39, 0.29) is 43.0 Å². The van der Waals surface area contributed by atoms with Crippen LogP contribution in [0, 0.1) is 0 Å². The summed E-state index contributed by atoms with van der Waals surface area (Å²) in [4.78, 5) is 49.2. The van der Waals surface area contributed by atoms with Crippen molar-refractivity contribution in [3.63, 3.8) is 0 Å². The number of anilines is 1. The van der Waals surface area contributed by atoms with E-state index < -0.39 is 23.2 Å². The number of ether oxygens (including phenoxy) is 2. The van der Waals surface area contributed by atoms with Gasteiger partial charge in [0.2, 0.25) is 0 Å². The van der Waals surface area contributed by atoms with Gasteiger partial charge in [0.05, 0.1) is 25.1 Å². The minimum atomic E-state index is -0.810. The van der Waals surface area contributed by atoms with Crippen LogP contribution in [-0.2, 0) is 22.6 Å². The highest BCUT2D eigenvalue weighted by molar-refractivity contribution is 6.02. The summed E-state index contributed by atoms with van der Waals surface area (Å²) in [5.41, 5.74) is -0.294. The maximum absolute atomic E-state index is 12.9. The number of aliphatic hydroxyl groups excluding tert-OH is 1. The van der Waals surface area contributed by atoms with Gasteiger partial charge in [0.25, 0.3) is 5.56 Å². The Balaban J connectivity index is 1.63. The first-order valence-electron chi connectivity index (χ1n) is 10.7. The van der Waals surface area contributed by atoms with Gasteiger partial charge in [0, 0.05) is 34.2 Å². The second-order valence-electron chi connectivity index (χ2n) is 7.37. The molecule has 35 heavy (non-hydrogen) atoms. The van der Waals surface area contributed by atoms with E-state index in [4.69, 9.17) is 13.9 Å². The van der Waals surface area contributed by atoms with Crippen LogP contribution in [0.15, 0.2) is 62.5 Å². The molecule has 0 unspecified atom stereocenters. The van der Waals surface area contributed by atoms with Crippen LogP contribution in [0.25, 0.3) is 21.7 Å². The van der Waals surface area contributed by atoms with Crippen molar-refractivity contribution in [2.24, 2.45) is 0 Å². The Kier molecular flexibility index (Phi) is 6.88. The lowest BCUT2D eigenvalue weighted by Crippen LogP contribution is -2.27. The van der Waals surface area contributed by atoms with Crippen molar-refractivity contribution < 1.29 is 28.6 Å². The summed E-state index contributed by atoms with van der Waals surface area (Å²) in [6, 6.07) is 12.3. The molecule has 2 heterocycles. The number of benzene rings is 2. The molecule has 2 aromatic carbocycles. The highest BCUT2D eigenvalue weighted by atomic mass is 16.5. The third-order valence-electron chi connectivity index (χ3n) is 5.08. The van der Waals surface area contributed by atoms with Crippen molar-refractivity contribution >= 4 is 39.5 Å². The fourth-order valence-corrected chi connectivity index (χ4v) is 3.56. The number of amides is 1. The fourth-order valence-electron chi connectivity index (χ4n) is 3.56.